The van der Waals surface area contributed by atoms with Crippen molar-refractivity contribution >= 4 is 18.0 Å². The highest BCUT2D eigenvalue weighted by atomic mass is 19.4. The fraction of sp³-hybridized carbons (Fsp3) is 0.280. The third-order valence-electron chi connectivity index (χ3n) is 5.61. The molecule has 188 valence electrons. The molecule has 1 N–H and O–H groups in total. The van der Waals surface area contributed by atoms with E-state index in [1.807, 2.05) is 6.07 Å². The number of carbonyl (C=O) groups excluding carboxylic acids is 2. The Morgan fingerprint density at radius 3 is 2.39 bits per heavy atom. The lowest BCUT2D eigenvalue weighted by Crippen LogP contribution is -2.52. The van der Waals surface area contributed by atoms with Gasteiger partial charge in [-0.2, -0.15) is 18.4 Å². The molecule has 8 nitrogen and oxygen atoms in total. The van der Waals surface area contributed by atoms with Crippen molar-refractivity contribution in [2.24, 2.45) is 0 Å². The smallest absolute Gasteiger partial charge is 0.416 e. The van der Waals surface area contributed by atoms with Gasteiger partial charge in [-0.1, -0.05) is 24.3 Å². The Hall–Kier alpha value is -4.33. The zero-order valence-corrected chi connectivity index (χ0v) is 19.4. The van der Waals surface area contributed by atoms with Crippen LogP contribution in [0.15, 0.2) is 59.8 Å². The first kappa shape index (κ1) is 26.3. The quantitative estimate of drug-likeness (QED) is 0.560. The Morgan fingerprint density at radius 2 is 1.83 bits per heavy atom. The van der Waals surface area contributed by atoms with Crippen LogP contribution in [-0.2, 0) is 27.0 Å². The van der Waals surface area contributed by atoms with Crippen LogP contribution in [-0.4, -0.2) is 46.0 Å². The summed E-state index contributed by atoms with van der Waals surface area (Å²) in [7, 11) is 0. The molecule has 1 unspecified atom stereocenters. The molecule has 0 spiro atoms. The molecule has 0 bridgehead atoms. The predicted octanol–water partition coefficient (Wildman–Crippen LogP) is 4.48. The summed E-state index contributed by atoms with van der Waals surface area (Å²) in [5.74, 6) is -2.16. The molecule has 0 fully saturated rings. The van der Waals surface area contributed by atoms with Crippen LogP contribution in [0, 0.1) is 11.3 Å². The van der Waals surface area contributed by atoms with Crippen molar-refractivity contribution in [3.8, 4) is 6.07 Å². The van der Waals surface area contributed by atoms with Crippen molar-refractivity contribution in [1.82, 2.24) is 9.80 Å². The second-order valence-corrected chi connectivity index (χ2v) is 7.94. The molecule has 1 aliphatic rings. The van der Waals surface area contributed by atoms with Crippen molar-refractivity contribution in [1.29, 1.82) is 5.26 Å². The van der Waals surface area contributed by atoms with E-state index >= 15 is 0 Å². The zero-order chi connectivity index (χ0) is 26.6. The van der Waals surface area contributed by atoms with E-state index < -0.39 is 42.3 Å². The number of nitrogens with zero attached hydrogens (tertiary/aromatic N) is 3. The van der Waals surface area contributed by atoms with Gasteiger partial charge in [-0.15, -0.1) is 0 Å². The first-order valence-electron chi connectivity index (χ1n) is 10.8. The maximum absolute atomic E-state index is 13.5. The van der Waals surface area contributed by atoms with Gasteiger partial charge in [-0.25, -0.2) is 9.59 Å². The Labute approximate surface area is 204 Å². The van der Waals surface area contributed by atoms with Crippen molar-refractivity contribution in [3.63, 3.8) is 0 Å². The lowest BCUT2D eigenvalue weighted by molar-refractivity contribution is -0.142. The minimum absolute atomic E-state index is 0.00376. The maximum atomic E-state index is 13.5. The topological polar surface area (TPSA) is 111 Å². The highest BCUT2D eigenvalue weighted by Gasteiger charge is 2.43. The summed E-state index contributed by atoms with van der Waals surface area (Å²) in [5, 5.41) is 18.6. The van der Waals surface area contributed by atoms with Gasteiger partial charge in [0.1, 0.15) is 6.54 Å². The van der Waals surface area contributed by atoms with Gasteiger partial charge in [0.2, 0.25) is 0 Å². The molecule has 0 aromatic heterocycles. The third-order valence-corrected chi connectivity index (χ3v) is 5.61. The maximum Gasteiger partial charge on any atom is 0.416 e. The number of hydrogen-bond donors (Lipinski definition) is 1. The van der Waals surface area contributed by atoms with E-state index in [0.29, 0.717) is 11.1 Å². The van der Waals surface area contributed by atoms with Gasteiger partial charge in [-0.3, -0.25) is 9.69 Å². The predicted molar refractivity (Wildman–Crippen MR) is 120 cm³/mol. The molecule has 0 radical (unpaired) electrons. The fourth-order valence-corrected chi connectivity index (χ4v) is 3.98. The monoisotopic (exact) mass is 501 g/mol. The summed E-state index contributed by atoms with van der Waals surface area (Å²) in [5.41, 5.74) is -0.0106. The van der Waals surface area contributed by atoms with Gasteiger partial charge < -0.3 is 14.7 Å². The second-order valence-electron chi connectivity index (χ2n) is 7.94. The normalized spacial score (nSPS) is 16.1. The molecule has 0 saturated heterocycles. The fourth-order valence-electron chi connectivity index (χ4n) is 3.98. The largest absolute Gasteiger partial charge is 0.480 e. The number of alkyl halides is 3. The number of rotatable bonds is 7. The number of benzene rings is 2. The van der Waals surface area contributed by atoms with E-state index in [0.717, 1.165) is 21.9 Å². The lowest BCUT2D eigenvalue weighted by Gasteiger charge is -2.42. The molecule has 11 heteroatoms. The Morgan fingerprint density at radius 1 is 1.17 bits per heavy atom. The minimum atomic E-state index is -4.60. The number of aliphatic carboxylic acids is 1. The van der Waals surface area contributed by atoms with Crippen LogP contribution >= 0.6 is 0 Å². The van der Waals surface area contributed by atoms with E-state index in [1.165, 1.54) is 43.3 Å². The van der Waals surface area contributed by atoms with Crippen LogP contribution < -0.4 is 0 Å². The van der Waals surface area contributed by atoms with Crippen LogP contribution in [0.1, 0.15) is 42.1 Å². The first-order chi connectivity index (χ1) is 17.0. The van der Waals surface area contributed by atoms with Crippen molar-refractivity contribution in [2.45, 2.75) is 32.6 Å². The lowest BCUT2D eigenvalue weighted by atomic mass is 9.92. The van der Waals surface area contributed by atoms with Crippen LogP contribution in [0.5, 0.6) is 0 Å². The summed E-state index contributed by atoms with van der Waals surface area (Å²) in [6.07, 6.45) is -4.60. The van der Waals surface area contributed by atoms with Gasteiger partial charge in [0.15, 0.2) is 0 Å². The average molecular weight is 501 g/mol. The number of hydrogen-bond acceptors (Lipinski definition) is 5. The molecule has 2 aromatic carbocycles. The Kier molecular flexibility index (Phi) is 7.68. The Bertz CT molecular complexity index is 1250. The summed E-state index contributed by atoms with van der Waals surface area (Å²) < 4.78 is 44.8. The van der Waals surface area contributed by atoms with Crippen molar-refractivity contribution < 1.29 is 37.4 Å². The van der Waals surface area contributed by atoms with Crippen LogP contribution in [0.3, 0.4) is 0 Å². The van der Waals surface area contributed by atoms with Crippen molar-refractivity contribution in [3.05, 3.63) is 82.1 Å². The molecule has 1 atom stereocenters. The van der Waals surface area contributed by atoms with Crippen LogP contribution in [0.25, 0.3) is 0 Å². The molecule has 2 aromatic rings. The molecular formula is C25H22F3N3O5. The molecule has 1 aliphatic heterocycles. The summed E-state index contributed by atoms with van der Waals surface area (Å²) >= 11 is 0. The number of carboxylic acid groups (broad SMARTS) is 1. The van der Waals surface area contributed by atoms with Gasteiger partial charge in [-0.05, 0) is 49.2 Å². The molecular weight excluding hydrogens is 479 g/mol. The second kappa shape index (κ2) is 10.5. The van der Waals surface area contributed by atoms with Crippen LogP contribution in [0.2, 0.25) is 0 Å². The number of allylic oxidation sites excluding steroid dienone is 1. The Balaban J connectivity index is 2.17. The number of urea groups is 1. The number of ether oxygens (including phenoxy) is 1. The van der Waals surface area contributed by atoms with Gasteiger partial charge >= 0.3 is 24.1 Å². The molecule has 1 heterocycles. The van der Waals surface area contributed by atoms with E-state index in [1.54, 1.807) is 6.92 Å². The highest BCUT2D eigenvalue weighted by molar-refractivity contribution is 5.95. The van der Waals surface area contributed by atoms with Crippen molar-refractivity contribution in [2.75, 3.05) is 13.2 Å². The molecule has 3 rings (SSSR count). The molecule has 36 heavy (non-hydrogen) atoms. The summed E-state index contributed by atoms with van der Waals surface area (Å²) in [4.78, 5) is 40.2. The number of esters is 1. The highest BCUT2D eigenvalue weighted by Crippen LogP contribution is 2.39. The van der Waals surface area contributed by atoms with E-state index in [4.69, 9.17) is 10.00 Å². The van der Waals surface area contributed by atoms with Gasteiger partial charge in [0.25, 0.3) is 0 Å². The standard InChI is InChI=1S/C25H22F3N3O5/c1-3-36-23(34)21-15(2)30(13-17-5-4-6-19(11-17)25(26,27)28)24(35)31(14-20(32)33)22(21)18-9-7-16(12-29)8-10-18/h4-11,22H,3,13-14H2,1-2H3,(H,32,33). The van der Waals surface area contributed by atoms with Crippen LogP contribution in [0.4, 0.5) is 18.0 Å². The zero-order valence-electron chi connectivity index (χ0n) is 19.4. The number of nitriles is 1. The average Bonchev–Trinajstić information content (AvgIpc) is 2.83. The SMILES string of the molecule is CCOC(=O)C1=C(C)N(Cc2cccc(C(F)(F)F)c2)C(=O)N(CC(=O)O)C1c1ccc(C#N)cc1. The summed E-state index contributed by atoms with van der Waals surface area (Å²) in [6.45, 7) is 1.89. The summed E-state index contributed by atoms with van der Waals surface area (Å²) in [6, 6.07) is 10.3. The van der Waals surface area contributed by atoms with E-state index in [2.05, 4.69) is 0 Å². The molecule has 0 saturated carbocycles. The van der Waals surface area contributed by atoms with E-state index in [9.17, 15) is 32.7 Å². The number of carboxylic acids is 1. The number of halogens is 3. The first-order valence-corrected chi connectivity index (χ1v) is 10.8. The minimum Gasteiger partial charge on any atom is -0.480 e. The number of amides is 2. The third kappa shape index (κ3) is 5.49. The molecule has 2 amide bonds. The van der Waals surface area contributed by atoms with Gasteiger partial charge in [0, 0.05) is 5.70 Å². The molecule has 0 aliphatic carbocycles. The number of carbonyl (C=O) groups is 3. The van der Waals surface area contributed by atoms with Gasteiger partial charge in [0.05, 0.1) is 42.0 Å². The van der Waals surface area contributed by atoms with E-state index in [-0.39, 0.29) is 30.0 Å².